The van der Waals surface area contributed by atoms with Gasteiger partial charge >= 0.3 is 0 Å². The summed E-state index contributed by atoms with van der Waals surface area (Å²) in [5.74, 6) is 1.77. The molecule has 2 aliphatic heterocycles. The molecule has 5 heteroatoms. The third-order valence-corrected chi connectivity index (χ3v) is 2.73. The van der Waals surface area contributed by atoms with E-state index in [1.165, 1.54) is 0 Å². The predicted molar refractivity (Wildman–Crippen MR) is 53.8 cm³/mol. The van der Waals surface area contributed by atoms with Gasteiger partial charge in [0.1, 0.15) is 12.2 Å². The van der Waals surface area contributed by atoms with E-state index in [-0.39, 0.29) is 12.9 Å². The molecule has 0 saturated carbocycles. The predicted octanol–water partition coefficient (Wildman–Crippen LogP) is 0.856. The smallest absolute Gasteiger partial charge is 0.231 e. The van der Waals surface area contributed by atoms with Gasteiger partial charge < -0.3 is 24.1 Å². The molecule has 1 aromatic rings. The zero-order valence-electron chi connectivity index (χ0n) is 8.80. The second-order valence-electron chi connectivity index (χ2n) is 3.77. The second-order valence-corrected chi connectivity index (χ2v) is 3.77. The number of aliphatic hydroxyl groups is 1. The van der Waals surface area contributed by atoms with E-state index in [2.05, 4.69) is 0 Å². The Morgan fingerprint density at radius 1 is 1.44 bits per heavy atom. The lowest BCUT2D eigenvalue weighted by atomic mass is 10.1. The number of benzene rings is 1. The fourth-order valence-electron chi connectivity index (χ4n) is 1.77. The molecule has 0 aromatic heterocycles. The van der Waals surface area contributed by atoms with E-state index in [0.29, 0.717) is 23.9 Å². The van der Waals surface area contributed by atoms with Crippen molar-refractivity contribution in [2.45, 2.75) is 12.2 Å². The van der Waals surface area contributed by atoms with Crippen molar-refractivity contribution in [1.82, 2.24) is 0 Å². The van der Waals surface area contributed by atoms with E-state index in [0.717, 1.165) is 5.56 Å². The summed E-state index contributed by atoms with van der Waals surface area (Å²) in [6, 6.07) is 3.51. The number of ether oxygens (including phenoxy) is 4. The van der Waals surface area contributed by atoms with Gasteiger partial charge in [0.05, 0.1) is 13.7 Å². The highest BCUT2D eigenvalue weighted by atomic mass is 16.7. The Morgan fingerprint density at radius 3 is 2.94 bits per heavy atom. The SMILES string of the molecule is COc1cc([C@@H](O)[C@@H]2CO2)cc2c1OCO2. The van der Waals surface area contributed by atoms with E-state index in [1.807, 2.05) is 0 Å². The third kappa shape index (κ3) is 1.48. The molecule has 0 radical (unpaired) electrons. The number of methoxy groups -OCH3 is 1. The van der Waals surface area contributed by atoms with Crippen molar-refractivity contribution in [3.8, 4) is 17.2 Å². The van der Waals surface area contributed by atoms with Gasteiger partial charge in [0, 0.05) is 0 Å². The number of epoxide rings is 1. The molecule has 86 valence electrons. The van der Waals surface area contributed by atoms with Crippen molar-refractivity contribution in [3.63, 3.8) is 0 Å². The highest BCUT2D eigenvalue weighted by Gasteiger charge is 2.34. The minimum atomic E-state index is -0.636. The van der Waals surface area contributed by atoms with Crippen LogP contribution in [0, 0.1) is 0 Å². The molecule has 0 bridgehead atoms. The van der Waals surface area contributed by atoms with Crippen LogP contribution in [0.25, 0.3) is 0 Å². The Morgan fingerprint density at radius 2 is 2.25 bits per heavy atom. The first kappa shape index (κ1) is 9.74. The lowest BCUT2D eigenvalue weighted by Gasteiger charge is -2.11. The first-order chi connectivity index (χ1) is 7.79. The van der Waals surface area contributed by atoms with Crippen molar-refractivity contribution >= 4 is 0 Å². The molecule has 0 aliphatic carbocycles. The first-order valence-electron chi connectivity index (χ1n) is 5.07. The first-order valence-corrected chi connectivity index (χ1v) is 5.07. The standard InChI is InChI=1S/C11H12O5/c1-13-7-2-6(10(12)9-4-14-9)3-8-11(7)16-5-15-8/h2-3,9-10,12H,4-5H2,1H3/t9-,10+/m0/s1. The van der Waals surface area contributed by atoms with Gasteiger partial charge in [-0.2, -0.15) is 0 Å². The Kier molecular flexibility index (Phi) is 2.15. The summed E-state index contributed by atoms with van der Waals surface area (Å²) in [7, 11) is 1.56. The fourth-order valence-corrected chi connectivity index (χ4v) is 1.77. The van der Waals surface area contributed by atoms with Crippen LogP contribution in [0.2, 0.25) is 0 Å². The van der Waals surface area contributed by atoms with Crippen LogP contribution in [-0.2, 0) is 4.74 Å². The van der Waals surface area contributed by atoms with Gasteiger partial charge in [-0.3, -0.25) is 0 Å². The maximum Gasteiger partial charge on any atom is 0.231 e. The minimum Gasteiger partial charge on any atom is -0.493 e. The summed E-state index contributed by atoms with van der Waals surface area (Å²) >= 11 is 0. The quantitative estimate of drug-likeness (QED) is 0.771. The maximum absolute atomic E-state index is 9.93. The second kappa shape index (κ2) is 3.54. The van der Waals surface area contributed by atoms with Gasteiger partial charge in [0.25, 0.3) is 0 Å². The molecule has 0 spiro atoms. The van der Waals surface area contributed by atoms with Crippen LogP contribution >= 0.6 is 0 Å². The Labute approximate surface area is 92.5 Å². The van der Waals surface area contributed by atoms with Crippen molar-refractivity contribution in [2.24, 2.45) is 0 Å². The Hall–Kier alpha value is -1.46. The molecule has 1 saturated heterocycles. The topological polar surface area (TPSA) is 60.5 Å². The minimum absolute atomic E-state index is 0.106. The van der Waals surface area contributed by atoms with Gasteiger partial charge in [0.2, 0.25) is 12.5 Å². The summed E-state index contributed by atoms with van der Waals surface area (Å²) in [6.45, 7) is 0.781. The van der Waals surface area contributed by atoms with Crippen LogP contribution < -0.4 is 14.2 Å². The van der Waals surface area contributed by atoms with Gasteiger partial charge in [0.15, 0.2) is 11.5 Å². The molecule has 1 fully saturated rings. The third-order valence-electron chi connectivity index (χ3n) is 2.73. The average Bonchev–Trinajstić information content (AvgIpc) is 3.05. The van der Waals surface area contributed by atoms with Gasteiger partial charge in [-0.1, -0.05) is 0 Å². The van der Waals surface area contributed by atoms with Gasteiger partial charge in [-0.25, -0.2) is 0 Å². The summed E-state index contributed by atoms with van der Waals surface area (Å²) in [4.78, 5) is 0. The van der Waals surface area contributed by atoms with E-state index in [9.17, 15) is 5.11 Å². The van der Waals surface area contributed by atoms with E-state index < -0.39 is 6.10 Å². The molecule has 5 nitrogen and oxygen atoms in total. The van der Waals surface area contributed by atoms with E-state index in [1.54, 1.807) is 19.2 Å². The van der Waals surface area contributed by atoms with Crippen LogP contribution in [0.1, 0.15) is 11.7 Å². The normalized spacial score (nSPS) is 23.0. The summed E-state index contributed by atoms with van der Waals surface area (Å²) in [5.41, 5.74) is 0.726. The Bertz CT molecular complexity index is 413. The van der Waals surface area contributed by atoms with Crippen LogP contribution in [0.3, 0.4) is 0 Å². The average molecular weight is 224 g/mol. The number of aliphatic hydroxyl groups excluding tert-OH is 1. The molecule has 3 rings (SSSR count). The van der Waals surface area contributed by atoms with Crippen molar-refractivity contribution < 1.29 is 24.1 Å². The summed E-state index contributed by atoms with van der Waals surface area (Å²) < 4.78 is 20.8. The maximum atomic E-state index is 9.93. The number of hydrogen-bond acceptors (Lipinski definition) is 5. The van der Waals surface area contributed by atoms with Crippen molar-refractivity contribution in [1.29, 1.82) is 0 Å². The molecule has 1 aromatic carbocycles. The summed E-state index contributed by atoms with van der Waals surface area (Å²) in [5, 5.41) is 9.93. The monoisotopic (exact) mass is 224 g/mol. The van der Waals surface area contributed by atoms with E-state index >= 15 is 0 Å². The van der Waals surface area contributed by atoms with Crippen molar-refractivity contribution in [3.05, 3.63) is 17.7 Å². The van der Waals surface area contributed by atoms with Crippen LogP contribution in [0.5, 0.6) is 17.2 Å². The van der Waals surface area contributed by atoms with Gasteiger partial charge in [-0.05, 0) is 17.7 Å². The zero-order valence-corrected chi connectivity index (χ0v) is 8.80. The molecule has 2 aliphatic rings. The molecule has 2 heterocycles. The molecule has 0 amide bonds. The molecule has 0 unspecified atom stereocenters. The van der Waals surface area contributed by atoms with E-state index in [4.69, 9.17) is 18.9 Å². The fraction of sp³-hybridized carbons (Fsp3) is 0.455. The highest BCUT2D eigenvalue weighted by molar-refractivity contribution is 5.55. The van der Waals surface area contributed by atoms with Crippen molar-refractivity contribution in [2.75, 3.05) is 20.5 Å². The molecular weight excluding hydrogens is 212 g/mol. The number of hydrogen-bond donors (Lipinski definition) is 1. The van der Waals surface area contributed by atoms with Gasteiger partial charge in [-0.15, -0.1) is 0 Å². The Balaban J connectivity index is 1.99. The zero-order chi connectivity index (χ0) is 11.1. The number of fused-ring (bicyclic) bond motifs is 1. The van der Waals surface area contributed by atoms with Crippen LogP contribution in [-0.4, -0.2) is 31.7 Å². The highest BCUT2D eigenvalue weighted by Crippen LogP contribution is 2.44. The van der Waals surface area contributed by atoms with Crippen LogP contribution in [0.4, 0.5) is 0 Å². The molecular formula is C11H12O5. The van der Waals surface area contributed by atoms with Crippen LogP contribution in [0.15, 0.2) is 12.1 Å². The largest absolute Gasteiger partial charge is 0.493 e. The number of rotatable bonds is 3. The molecule has 2 atom stereocenters. The summed E-state index contributed by atoms with van der Waals surface area (Å²) in [6.07, 6.45) is -0.742. The molecule has 1 N–H and O–H groups in total. The lowest BCUT2D eigenvalue weighted by molar-refractivity contribution is 0.136. The lowest BCUT2D eigenvalue weighted by Crippen LogP contribution is -2.05. The molecule has 16 heavy (non-hydrogen) atoms.